The maximum Gasteiger partial charge on any atom is 0.145 e. The molecule has 1 atom stereocenters. The molecule has 3 aromatic rings. The Morgan fingerprint density at radius 3 is 1.33 bits per heavy atom. The van der Waals surface area contributed by atoms with Crippen molar-refractivity contribution in [2.24, 2.45) is 5.73 Å². The lowest BCUT2D eigenvalue weighted by atomic mass is 9.80. The van der Waals surface area contributed by atoms with Crippen molar-refractivity contribution in [2.45, 2.75) is 83.0 Å². The number of nitrogens with two attached hydrogens (primary N) is 1. The molecule has 2 N–H and O–H groups in total. The van der Waals surface area contributed by atoms with E-state index < -0.39 is 5.60 Å². The molecule has 2 heteroatoms. The minimum Gasteiger partial charge on any atom is -0.343 e. The van der Waals surface area contributed by atoms with Gasteiger partial charge in [0.1, 0.15) is 11.8 Å². The SMILES string of the molecule is CCCCCCCCCCCC(N)OC(c1ccccc1)(c1ccccc1)c1ccccc1. The molecule has 0 aliphatic carbocycles. The Labute approximate surface area is 201 Å². The van der Waals surface area contributed by atoms with Crippen LogP contribution in [0.25, 0.3) is 0 Å². The third-order valence-corrected chi connectivity index (χ3v) is 6.46. The predicted octanol–water partition coefficient (Wildman–Crippen LogP) is 8.20. The van der Waals surface area contributed by atoms with Crippen LogP contribution in [0.5, 0.6) is 0 Å². The quantitative estimate of drug-likeness (QED) is 0.146. The molecule has 33 heavy (non-hydrogen) atoms. The summed E-state index contributed by atoms with van der Waals surface area (Å²) in [6.07, 6.45) is 12.3. The van der Waals surface area contributed by atoms with Gasteiger partial charge in [0.2, 0.25) is 0 Å². The smallest absolute Gasteiger partial charge is 0.145 e. The molecule has 0 heterocycles. The van der Waals surface area contributed by atoms with Gasteiger partial charge in [0.15, 0.2) is 0 Å². The zero-order valence-electron chi connectivity index (χ0n) is 20.3. The number of hydrogen-bond donors (Lipinski definition) is 1. The first-order chi connectivity index (χ1) is 16.3. The fourth-order valence-electron chi connectivity index (χ4n) is 4.66. The zero-order chi connectivity index (χ0) is 23.2. The highest BCUT2D eigenvalue weighted by atomic mass is 16.5. The second kappa shape index (κ2) is 14.0. The lowest BCUT2D eigenvalue weighted by molar-refractivity contribution is -0.0487. The van der Waals surface area contributed by atoms with Gasteiger partial charge in [-0.15, -0.1) is 0 Å². The molecule has 1 unspecified atom stereocenters. The Kier molecular flexibility index (Phi) is 10.7. The molecule has 0 radical (unpaired) electrons. The summed E-state index contributed by atoms with van der Waals surface area (Å²) in [6.45, 7) is 2.27. The van der Waals surface area contributed by atoms with Crippen molar-refractivity contribution in [3.05, 3.63) is 108 Å². The van der Waals surface area contributed by atoms with Gasteiger partial charge in [0.05, 0.1) is 0 Å². The van der Waals surface area contributed by atoms with Crippen molar-refractivity contribution in [1.29, 1.82) is 0 Å². The van der Waals surface area contributed by atoms with Crippen molar-refractivity contribution >= 4 is 0 Å². The van der Waals surface area contributed by atoms with Crippen molar-refractivity contribution in [1.82, 2.24) is 0 Å². The van der Waals surface area contributed by atoms with Crippen LogP contribution >= 0.6 is 0 Å². The van der Waals surface area contributed by atoms with Crippen molar-refractivity contribution in [3.8, 4) is 0 Å². The van der Waals surface area contributed by atoms with Crippen molar-refractivity contribution < 1.29 is 4.74 Å². The first-order valence-electron chi connectivity index (χ1n) is 12.9. The average Bonchev–Trinajstić information content (AvgIpc) is 2.88. The Bertz CT molecular complexity index is 782. The fraction of sp³-hybridized carbons (Fsp3) is 0.419. The van der Waals surface area contributed by atoms with E-state index in [-0.39, 0.29) is 6.23 Å². The second-order valence-corrected chi connectivity index (χ2v) is 9.05. The van der Waals surface area contributed by atoms with E-state index in [1.165, 1.54) is 51.4 Å². The van der Waals surface area contributed by atoms with Crippen LogP contribution in [-0.4, -0.2) is 6.23 Å². The van der Waals surface area contributed by atoms with Crippen molar-refractivity contribution in [2.75, 3.05) is 0 Å². The molecule has 3 aromatic carbocycles. The first-order valence-corrected chi connectivity index (χ1v) is 12.9. The molecule has 3 rings (SSSR count). The molecule has 0 fully saturated rings. The Morgan fingerprint density at radius 2 is 0.939 bits per heavy atom. The Morgan fingerprint density at radius 1 is 0.576 bits per heavy atom. The van der Waals surface area contributed by atoms with Crippen LogP contribution in [0.2, 0.25) is 0 Å². The summed E-state index contributed by atoms with van der Waals surface area (Å²) in [4.78, 5) is 0. The van der Waals surface area contributed by atoms with Crippen LogP contribution in [0.15, 0.2) is 91.0 Å². The molecule has 176 valence electrons. The molecule has 0 saturated carbocycles. The van der Waals surface area contributed by atoms with E-state index in [1.807, 2.05) is 18.2 Å². The topological polar surface area (TPSA) is 35.2 Å². The lowest BCUT2D eigenvalue weighted by Crippen LogP contribution is -2.40. The number of benzene rings is 3. The van der Waals surface area contributed by atoms with Gasteiger partial charge in [-0.25, -0.2) is 0 Å². The summed E-state index contributed by atoms with van der Waals surface area (Å²) >= 11 is 0. The minimum absolute atomic E-state index is 0.338. The van der Waals surface area contributed by atoms with Gasteiger partial charge in [0, 0.05) is 0 Å². The molecular formula is C31H41NO. The van der Waals surface area contributed by atoms with E-state index >= 15 is 0 Å². The summed E-state index contributed by atoms with van der Waals surface area (Å²) in [5.74, 6) is 0. The molecular weight excluding hydrogens is 402 g/mol. The monoisotopic (exact) mass is 443 g/mol. The molecule has 0 amide bonds. The van der Waals surface area contributed by atoms with Gasteiger partial charge in [-0.05, 0) is 29.5 Å². The molecule has 0 saturated heterocycles. The molecule has 0 aliphatic heterocycles. The molecule has 2 nitrogen and oxygen atoms in total. The fourth-order valence-corrected chi connectivity index (χ4v) is 4.66. The van der Waals surface area contributed by atoms with E-state index in [0.717, 1.165) is 29.5 Å². The molecule has 0 aromatic heterocycles. The number of unbranched alkanes of at least 4 members (excludes halogenated alkanes) is 8. The lowest BCUT2D eigenvalue weighted by Gasteiger charge is -2.38. The highest BCUT2D eigenvalue weighted by molar-refractivity contribution is 5.47. The summed E-state index contributed by atoms with van der Waals surface area (Å²) in [5.41, 5.74) is 9.22. The van der Waals surface area contributed by atoms with E-state index in [4.69, 9.17) is 10.5 Å². The molecule has 0 spiro atoms. The highest BCUT2D eigenvalue weighted by Crippen LogP contribution is 2.41. The number of hydrogen-bond acceptors (Lipinski definition) is 2. The number of rotatable bonds is 15. The minimum atomic E-state index is -0.734. The standard InChI is InChI=1S/C31H41NO/c1-2-3-4-5-6-7-8-9-19-26-30(32)33-31(27-20-13-10-14-21-27,28-22-15-11-16-23-28)29-24-17-12-18-25-29/h10-18,20-25,30H,2-9,19,26,32H2,1H3. The third-order valence-electron chi connectivity index (χ3n) is 6.46. The predicted molar refractivity (Wildman–Crippen MR) is 140 cm³/mol. The summed E-state index contributed by atoms with van der Waals surface area (Å²) in [7, 11) is 0. The normalized spacial score (nSPS) is 12.5. The van der Waals surface area contributed by atoms with Crippen LogP contribution < -0.4 is 5.73 Å². The summed E-state index contributed by atoms with van der Waals surface area (Å²) in [6, 6.07) is 31.5. The summed E-state index contributed by atoms with van der Waals surface area (Å²) < 4.78 is 6.85. The van der Waals surface area contributed by atoms with E-state index in [1.54, 1.807) is 0 Å². The van der Waals surface area contributed by atoms with Gasteiger partial charge in [-0.2, -0.15) is 0 Å². The third kappa shape index (κ3) is 7.28. The van der Waals surface area contributed by atoms with Gasteiger partial charge >= 0.3 is 0 Å². The van der Waals surface area contributed by atoms with Crippen LogP contribution in [0, 0.1) is 0 Å². The Balaban J connectivity index is 1.70. The van der Waals surface area contributed by atoms with E-state index in [2.05, 4.69) is 79.7 Å². The maximum atomic E-state index is 6.85. The van der Waals surface area contributed by atoms with E-state index in [0.29, 0.717) is 0 Å². The molecule has 0 aliphatic rings. The first kappa shape index (κ1) is 25.2. The second-order valence-electron chi connectivity index (χ2n) is 9.05. The van der Waals surface area contributed by atoms with E-state index in [9.17, 15) is 0 Å². The average molecular weight is 444 g/mol. The Hall–Kier alpha value is -2.42. The maximum absolute atomic E-state index is 6.85. The molecule has 0 bridgehead atoms. The van der Waals surface area contributed by atoms with Gasteiger partial charge in [-0.3, -0.25) is 0 Å². The highest BCUT2D eigenvalue weighted by Gasteiger charge is 2.39. The van der Waals surface area contributed by atoms with Gasteiger partial charge in [-0.1, -0.05) is 149 Å². The van der Waals surface area contributed by atoms with Crippen LogP contribution in [0.4, 0.5) is 0 Å². The van der Waals surface area contributed by atoms with Gasteiger partial charge in [0.25, 0.3) is 0 Å². The zero-order valence-corrected chi connectivity index (χ0v) is 20.3. The summed E-state index contributed by atoms with van der Waals surface area (Å²) in [5, 5.41) is 0. The largest absolute Gasteiger partial charge is 0.343 e. The van der Waals surface area contributed by atoms with Crippen LogP contribution in [0.1, 0.15) is 87.8 Å². The van der Waals surface area contributed by atoms with Gasteiger partial charge < -0.3 is 10.5 Å². The number of ether oxygens (including phenoxy) is 1. The van der Waals surface area contributed by atoms with Crippen molar-refractivity contribution in [3.63, 3.8) is 0 Å². The van der Waals surface area contributed by atoms with Crippen LogP contribution in [-0.2, 0) is 10.3 Å². The van der Waals surface area contributed by atoms with Crippen LogP contribution in [0.3, 0.4) is 0 Å².